The fourth-order valence-corrected chi connectivity index (χ4v) is 4.36. The van der Waals surface area contributed by atoms with Crippen LogP contribution in [0.1, 0.15) is 19.8 Å². The predicted octanol–water partition coefficient (Wildman–Crippen LogP) is 2.03. The van der Waals surface area contributed by atoms with Crippen LogP contribution in [0.25, 0.3) is 0 Å². The van der Waals surface area contributed by atoms with Crippen molar-refractivity contribution < 1.29 is 19.1 Å². The van der Waals surface area contributed by atoms with E-state index in [0.29, 0.717) is 38.5 Å². The number of hydrogen-bond acceptors (Lipinski definition) is 5. The molecule has 0 atom stereocenters. The molecule has 7 heteroatoms. The quantitative estimate of drug-likeness (QED) is 0.751. The smallest absolute Gasteiger partial charge is 0.233 e. The molecule has 1 spiro atoms. The zero-order valence-corrected chi connectivity index (χ0v) is 16.2. The number of thioether (sulfide) groups is 1. The summed E-state index contributed by atoms with van der Waals surface area (Å²) in [7, 11) is 1.64. The second-order valence-corrected chi connectivity index (χ2v) is 7.87. The Morgan fingerprint density at radius 1 is 1.23 bits per heavy atom. The molecule has 0 unspecified atom stereocenters. The third kappa shape index (κ3) is 4.51. The Morgan fingerprint density at radius 3 is 2.69 bits per heavy atom. The standard InChI is InChI=1S/C19H26N2O4S/c1-15(22)20-8-6-19(7-9-20)14-21(10-11-25-19)18(23)13-26-17-5-3-4-16(12-17)24-2/h3-5,12H,6-11,13-14H2,1-2H3. The normalized spacial score (nSPS) is 19.5. The van der Waals surface area contributed by atoms with E-state index in [2.05, 4.69) is 0 Å². The summed E-state index contributed by atoms with van der Waals surface area (Å²) in [6.07, 6.45) is 1.58. The average Bonchev–Trinajstić information content (AvgIpc) is 2.66. The van der Waals surface area contributed by atoms with Gasteiger partial charge in [0.2, 0.25) is 11.8 Å². The number of benzene rings is 1. The van der Waals surface area contributed by atoms with Gasteiger partial charge in [0.25, 0.3) is 0 Å². The van der Waals surface area contributed by atoms with Crippen molar-refractivity contribution >= 4 is 23.6 Å². The molecule has 6 nitrogen and oxygen atoms in total. The van der Waals surface area contributed by atoms with Gasteiger partial charge in [0.1, 0.15) is 5.75 Å². The lowest BCUT2D eigenvalue weighted by molar-refractivity contribution is -0.161. The SMILES string of the molecule is COc1cccc(SCC(=O)N2CCOC3(CCN(C(C)=O)CC3)C2)c1. The topological polar surface area (TPSA) is 59.1 Å². The van der Waals surface area contributed by atoms with Crippen molar-refractivity contribution in [1.29, 1.82) is 0 Å². The van der Waals surface area contributed by atoms with Crippen molar-refractivity contribution in [2.75, 3.05) is 45.6 Å². The Balaban J connectivity index is 1.54. The lowest BCUT2D eigenvalue weighted by atomic mass is 9.89. The van der Waals surface area contributed by atoms with Gasteiger partial charge in [-0.05, 0) is 31.0 Å². The highest BCUT2D eigenvalue weighted by Gasteiger charge is 2.41. The van der Waals surface area contributed by atoms with Crippen molar-refractivity contribution in [2.45, 2.75) is 30.3 Å². The summed E-state index contributed by atoms with van der Waals surface area (Å²) in [5.41, 5.74) is -0.291. The van der Waals surface area contributed by atoms with E-state index >= 15 is 0 Å². The lowest BCUT2D eigenvalue weighted by Crippen LogP contribution is -2.58. The number of amides is 2. The molecule has 0 radical (unpaired) electrons. The molecule has 0 N–H and O–H groups in total. The van der Waals surface area contributed by atoms with Crippen LogP contribution >= 0.6 is 11.8 Å². The van der Waals surface area contributed by atoms with Gasteiger partial charge in [0.15, 0.2) is 0 Å². The molecule has 1 aromatic carbocycles. The Bertz CT molecular complexity index is 659. The second-order valence-electron chi connectivity index (χ2n) is 6.82. The highest BCUT2D eigenvalue weighted by molar-refractivity contribution is 8.00. The van der Waals surface area contributed by atoms with Gasteiger partial charge in [-0.1, -0.05) is 6.07 Å². The summed E-state index contributed by atoms with van der Waals surface area (Å²) in [6, 6.07) is 7.75. The molecule has 2 aliphatic rings. The van der Waals surface area contributed by atoms with Crippen molar-refractivity contribution in [3.8, 4) is 5.75 Å². The van der Waals surface area contributed by atoms with Crippen molar-refractivity contribution in [2.24, 2.45) is 0 Å². The van der Waals surface area contributed by atoms with Crippen LogP contribution in [0, 0.1) is 0 Å². The molecular weight excluding hydrogens is 352 g/mol. The van der Waals surface area contributed by atoms with Gasteiger partial charge in [-0.25, -0.2) is 0 Å². The van der Waals surface area contributed by atoms with Gasteiger partial charge >= 0.3 is 0 Å². The molecule has 0 aliphatic carbocycles. The summed E-state index contributed by atoms with van der Waals surface area (Å²) in [4.78, 5) is 29.0. The second kappa shape index (κ2) is 8.31. The first-order valence-electron chi connectivity index (χ1n) is 8.95. The van der Waals surface area contributed by atoms with E-state index in [1.807, 2.05) is 34.1 Å². The maximum absolute atomic E-state index is 12.7. The van der Waals surface area contributed by atoms with E-state index in [1.54, 1.807) is 14.0 Å². The van der Waals surface area contributed by atoms with Gasteiger partial charge in [-0.15, -0.1) is 11.8 Å². The number of nitrogens with zero attached hydrogens (tertiary/aromatic N) is 2. The fraction of sp³-hybridized carbons (Fsp3) is 0.579. The van der Waals surface area contributed by atoms with Crippen molar-refractivity contribution in [3.63, 3.8) is 0 Å². The Labute approximate surface area is 158 Å². The minimum atomic E-state index is -0.291. The fourth-order valence-electron chi connectivity index (χ4n) is 3.52. The van der Waals surface area contributed by atoms with Gasteiger partial charge in [0, 0.05) is 38.0 Å². The van der Waals surface area contributed by atoms with Crippen LogP contribution in [0.3, 0.4) is 0 Å². The zero-order chi connectivity index (χ0) is 18.6. The summed E-state index contributed by atoms with van der Waals surface area (Å²) >= 11 is 1.53. The monoisotopic (exact) mass is 378 g/mol. The van der Waals surface area contributed by atoms with Crippen molar-refractivity contribution in [1.82, 2.24) is 9.80 Å². The highest BCUT2D eigenvalue weighted by Crippen LogP contribution is 2.31. The Morgan fingerprint density at radius 2 is 2.00 bits per heavy atom. The molecule has 3 rings (SSSR count). The van der Waals surface area contributed by atoms with Crippen LogP contribution in [0.15, 0.2) is 29.2 Å². The molecule has 26 heavy (non-hydrogen) atoms. The summed E-state index contributed by atoms with van der Waals surface area (Å²) < 4.78 is 11.3. The number of ether oxygens (including phenoxy) is 2. The van der Waals surface area contributed by atoms with Crippen LogP contribution in [0.5, 0.6) is 5.75 Å². The maximum atomic E-state index is 12.7. The van der Waals surface area contributed by atoms with E-state index in [1.165, 1.54) is 11.8 Å². The molecule has 2 aliphatic heterocycles. The van der Waals surface area contributed by atoms with Crippen molar-refractivity contribution in [3.05, 3.63) is 24.3 Å². The minimum absolute atomic E-state index is 0.110. The number of piperidine rings is 1. The molecule has 2 amide bonds. The molecule has 2 saturated heterocycles. The Hall–Kier alpha value is -1.73. The van der Waals surface area contributed by atoms with Gasteiger partial charge in [0.05, 0.1) is 25.1 Å². The van der Waals surface area contributed by atoms with Crippen LogP contribution < -0.4 is 4.74 Å². The number of rotatable bonds is 4. The molecular formula is C19H26N2O4S. The summed E-state index contributed by atoms with van der Waals surface area (Å²) in [6.45, 7) is 4.83. The first-order chi connectivity index (χ1) is 12.5. The molecule has 142 valence electrons. The van der Waals surface area contributed by atoms with E-state index in [9.17, 15) is 9.59 Å². The van der Waals surface area contributed by atoms with Gasteiger partial charge < -0.3 is 19.3 Å². The lowest BCUT2D eigenvalue weighted by Gasteiger charge is -2.47. The predicted molar refractivity (Wildman–Crippen MR) is 100 cm³/mol. The van der Waals surface area contributed by atoms with Gasteiger partial charge in [-0.2, -0.15) is 0 Å². The number of methoxy groups -OCH3 is 1. The molecule has 2 heterocycles. The largest absolute Gasteiger partial charge is 0.497 e. The van der Waals surface area contributed by atoms with Crippen LogP contribution in [0.2, 0.25) is 0 Å². The van der Waals surface area contributed by atoms with E-state index in [4.69, 9.17) is 9.47 Å². The first-order valence-corrected chi connectivity index (χ1v) is 9.94. The number of likely N-dealkylation sites (tertiary alicyclic amines) is 1. The summed E-state index contributed by atoms with van der Waals surface area (Å²) in [5, 5.41) is 0. The number of hydrogen-bond donors (Lipinski definition) is 0. The Kier molecular flexibility index (Phi) is 6.09. The molecule has 1 aromatic rings. The molecule has 2 fully saturated rings. The van der Waals surface area contributed by atoms with E-state index in [0.717, 1.165) is 23.5 Å². The third-order valence-electron chi connectivity index (χ3n) is 5.12. The minimum Gasteiger partial charge on any atom is -0.497 e. The van der Waals surface area contributed by atoms with Gasteiger partial charge in [-0.3, -0.25) is 9.59 Å². The summed E-state index contributed by atoms with van der Waals surface area (Å²) in [5.74, 6) is 1.45. The zero-order valence-electron chi connectivity index (χ0n) is 15.4. The maximum Gasteiger partial charge on any atom is 0.233 e. The molecule has 0 bridgehead atoms. The first kappa shape index (κ1) is 19.0. The molecule has 0 saturated carbocycles. The number of carbonyl (C=O) groups excluding carboxylic acids is 2. The van der Waals surface area contributed by atoms with Crippen LogP contribution in [-0.2, 0) is 14.3 Å². The average molecular weight is 378 g/mol. The third-order valence-corrected chi connectivity index (χ3v) is 6.10. The van der Waals surface area contributed by atoms with Crippen LogP contribution in [-0.4, -0.2) is 72.9 Å². The van der Waals surface area contributed by atoms with E-state index < -0.39 is 0 Å². The van der Waals surface area contributed by atoms with Crippen LogP contribution in [0.4, 0.5) is 0 Å². The van der Waals surface area contributed by atoms with E-state index in [-0.39, 0.29) is 17.4 Å². The number of morpholine rings is 1. The molecule has 0 aromatic heterocycles. The highest BCUT2D eigenvalue weighted by atomic mass is 32.2. The number of carbonyl (C=O) groups is 2.